The van der Waals surface area contributed by atoms with Crippen LogP contribution in [0.25, 0.3) is 120 Å². The first-order chi connectivity index (χ1) is 30.2. The number of nitriles is 1. The van der Waals surface area contributed by atoms with Crippen LogP contribution in [0.2, 0.25) is 0 Å². The van der Waals surface area contributed by atoms with Gasteiger partial charge in [-0.05, 0) is 169 Å². The molecule has 4 heteroatoms. The minimum absolute atomic E-state index is 0.0228. The first-order valence-electron chi connectivity index (χ1n) is 20.8. The van der Waals surface area contributed by atoms with E-state index in [1.807, 2.05) is 32.0 Å². The molecule has 62 heavy (non-hydrogen) atoms. The highest BCUT2D eigenvalue weighted by Crippen LogP contribution is 2.55. The third kappa shape index (κ3) is 5.09. The van der Waals surface area contributed by atoms with Crippen molar-refractivity contribution < 1.29 is 13.2 Å². The van der Waals surface area contributed by atoms with Crippen molar-refractivity contribution in [2.24, 2.45) is 0 Å². The van der Waals surface area contributed by atoms with Crippen molar-refractivity contribution in [1.82, 2.24) is 0 Å². The number of rotatable bonds is 4. The molecule has 0 spiro atoms. The Balaban J connectivity index is 1.22. The van der Waals surface area contributed by atoms with Gasteiger partial charge in [0.05, 0.1) is 17.2 Å². The number of fused-ring (bicyclic) bond motifs is 8. The third-order valence-corrected chi connectivity index (χ3v) is 13.2. The summed E-state index contributed by atoms with van der Waals surface area (Å²) >= 11 is 0. The summed E-state index contributed by atoms with van der Waals surface area (Å²) in [5.41, 5.74) is 8.89. The number of benzene rings is 10. The predicted molar refractivity (Wildman–Crippen MR) is 252 cm³/mol. The van der Waals surface area contributed by atoms with Gasteiger partial charge in [-0.25, -0.2) is 0 Å². The van der Waals surface area contributed by atoms with E-state index in [9.17, 15) is 18.4 Å². The van der Waals surface area contributed by atoms with Crippen LogP contribution < -0.4 is 0 Å². The molecule has 0 saturated heterocycles. The second-order valence-corrected chi connectivity index (χ2v) is 16.6. The van der Waals surface area contributed by atoms with Crippen molar-refractivity contribution in [2.45, 2.75) is 20.0 Å². The van der Waals surface area contributed by atoms with Crippen LogP contribution in [0, 0.1) is 25.2 Å². The monoisotopic (exact) mass is 801 g/mol. The van der Waals surface area contributed by atoms with Gasteiger partial charge < -0.3 is 0 Å². The minimum atomic E-state index is -4.57. The van der Waals surface area contributed by atoms with Gasteiger partial charge >= 0.3 is 6.18 Å². The zero-order chi connectivity index (χ0) is 42.0. The molecule has 1 nitrogen and oxygen atoms in total. The third-order valence-electron chi connectivity index (χ3n) is 13.2. The van der Waals surface area contributed by atoms with E-state index < -0.39 is 11.7 Å². The number of alkyl halides is 3. The smallest absolute Gasteiger partial charge is 0.192 e. The molecule has 292 valence electrons. The Morgan fingerprint density at radius 3 is 1.55 bits per heavy atom. The van der Waals surface area contributed by atoms with Crippen LogP contribution in [0.5, 0.6) is 0 Å². The molecule has 0 unspecified atom stereocenters. The second-order valence-electron chi connectivity index (χ2n) is 16.6. The van der Waals surface area contributed by atoms with Crippen molar-refractivity contribution in [1.29, 1.82) is 5.26 Å². The Kier molecular flexibility index (Phi) is 7.65. The van der Waals surface area contributed by atoms with Crippen molar-refractivity contribution >= 4 is 75.4 Å². The fourth-order valence-corrected chi connectivity index (χ4v) is 10.8. The molecule has 0 saturated carbocycles. The minimum Gasteiger partial charge on any atom is -0.192 e. The molecule has 0 aliphatic carbocycles. The van der Waals surface area contributed by atoms with Crippen LogP contribution in [-0.2, 0) is 6.18 Å². The Morgan fingerprint density at radius 2 is 0.887 bits per heavy atom. The molecule has 0 N–H and O–H groups in total. The summed E-state index contributed by atoms with van der Waals surface area (Å²) in [6, 6.07) is 60.2. The lowest BCUT2D eigenvalue weighted by molar-refractivity contribution is -0.137. The summed E-state index contributed by atoms with van der Waals surface area (Å²) in [7, 11) is 0. The van der Waals surface area contributed by atoms with E-state index in [0.29, 0.717) is 11.1 Å². The van der Waals surface area contributed by atoms with Gasteiger partial charge in [0.25, 0.3) is 0 Å². The van der Waals surface area contributed by atoms with Crippen molar-refractivity contribution in [3.63, 3.8) is 0 Å². The Hall–Kier alpha value is -7.74. The zero-order valence-electron chi connectivity index (χ0n) is 33.7. The van der Waals surface area contributed by atoms with Crippen molar-refractivity contribution in [3.05, 3.63) is 192 Å². The lowest BCUT2D eigenvalue weighted by atomic mass is 9.84. The normalized spacial score (nSPS) is 12.3. The van der Waals surface area contributed by atoms with Gasteiger partial charge in [0.15, 0.2) is 0 Å². The summed E-state index contributed by atoms with van der Waals surface area (Å²) in [5, 5.41) is 26.8. The molecule has 0 aliphatic rings. The number of halogens is 3. The molecule has 12 rings (SSSR count). The van der Waals surface area contributed by atoms with E-state index in [1.165, 1.54) is 87.2 Å². The van der Waals surface area contributed by atoms with E-state index in [4.69, 9.17) is 0 Å². The number of hydrogen-bond donors (Lipinski definition) is 0. The van der Waals surface area contributed by atoms with Gasteiger partial charge in [-0.1, -0.05) is 146 Å². The lowest BCUT2D eigenvalue weighted by Gasteiger charge is -2.19. The SMILES string of the molecule is Cc1cc(-c2cc(C#N)cc(C(F)(F)F)c2)cc(C)c1-c1ccc2c3c(-c4ccccc4)c4cc5c6ccccc6c6cccc(c4c(-c4ccccc4)c3c3cccc1c23)c65. The van der Waals surface area contributed by atoms with Crippen LogP contribution in [0.15, 0.2) is 170 Å². The summed E-state index contributed by atoms with van der Waals surface area (Å²) < 4.78 is 41.8. The summed E-state index contributed by atoms with van der Waals surface area (Å²) in [4.78, 5) is 0. The first-order valence-corrected chi connectivity index (χ1v) is 20.8. The maximum absolute atomic E-state index is 13.9. The Labute approximate surface area is 355 Å². The average Bonchev–Trinajstić information content (AvgIpc) is 3.80. The van der Waals surface area contributed by atoms with Gasteiger partial charge in [0.2, 0.25) is 0 Å². The van der Waals surface area contributed by atoms with Gasteiger partial charge in [0, 0.05) is 0 Å². The molecule has 0 aromatic heterocycles. The largest absolute Gasteiger partial charge is 0.416 e. The van der Waals surface area contributed by atoms with Gasteiger partial charge in [-0.2, -0.15) is 18.4 Å². The highest BCUT2D eigenvalue weighted by molar-refractivity contribution is 6.45. The molecule has 12 aromatic rings. The van der Waals surface area contributed by atoms with Crippen LogP contribution in [0.4, 0.5) is 13.2 Å². The quantitative estimate of drug-likeness (QED) is 0.163. The average molecular weight is 802 g/mol. The molecule has 0 fully saturated rings. The summed E-state index contributed by atoms with van der Waals surface area (Å²) in [5.74, 6) is 0. The number of nitrogens with zero attached hydrogens (tertiary/aromatic N) is 1. The topological polar surface area (TPSA) is 23.8 Å². The fraction of sp³-hybridized carbons (Fsp3) is 0.0517. The fourth-order valence-electron chi connectivity index (χ4n) is 10.8. The molecule has 0 bridgehead atoms. The molecule has 0 radical (unpaired) electrons. The summed E-state index contributed by atoms with van der Waals surface area (Å²) in [6.45, 7) is 4.05. The Morgan fingerprint density at radius 1 is 0.371 bits per heavy atom. The molecular formula is C58H34F3N. The molecule has 0 aliphatic heterocycles. The van der Waals surface area contributed by atoms with Crippen molar-refractivity contribution in [3.8, 4) is 50.6 Å². The maximum atomic E-state index is 13.9. The standard InChI is InChI=1S/C58H34F3N/c1-32-25-37(38-27-34(31-62)28-39(29-38)58(59,60)61)26-33(2)50(32)44-23-24-47-53-43(44)20-12-22-46(53)57-52(36-15-7-4-8-16-36)55-45-21-11-19-42-40-17-9-10-18-41(40)48(54(42)45)30-49(55)51(56(47)57)35-13-5-3-6-14-35/h3-30H,1-2H3. The number of hydrogen-bond acceptors (Lipinski definition) is 1. The molecule has 0 amide bonds. The van der Waals surface area contributed by atoms with Gasteiger partial charge in [0.1, 0.15) is 0 Å². The highest BCUT2D eigenvalue weighted by atomic mass is 19.4. The lowest BCUT2D eigenvalue weighted by Crippen LogP contribution is -2.05. The van der Waals surface area contributed by atoms with Crippen LogP contribution in [-0.4, -0.2) is 0 Å². The zero-order valence-corrected chi connectivity index (χ0v) is 33.7. The molecule has 0 atom stereocenters. The van der Waals surface area contributed by atoms with E-state index in [0.717, 1.165) is 50.9 Å². The van der Waals surface area contributed by atoms with E-state index >= 15 is 0 Å². The molecular weight excluding hydrogens is 768 g/mol. The highest BCUT2D eigenvalue weighted by Gasteiger charge is 2.32. The van der Waals surface area contributed by atoms with Gasteiger partial charge in [-0.3, -0.25) is 0 Å². The van der Waals surface area contributed by atoms with E-state index in [1.54, 1.807) is 0 Å². The molecule has 0 heterocycles. The van der Waals surface area contributed by atoms with E-state index in [2.05, 4.69) is 140 Å². The molecule has 12 aromatic carbocycles. The van der Waals surface area contributed by atoms with Crippen molar-refractivity contribution in [2.75, 3.05) is 0 Å². The van der Waals surface area contributed by atoms with Crippen LogP contribution >= 0.6 is 0 Å². The summed E-state index contributed by atoms with van der Waals surface area (Å²) in [6.07, 6.45) is -4.57. The van der Waals surface area contributed by atoms with E-state index in [-0.39, 0.29) is 5.56 Å². The first kappa shape index (κ1) is 36.1. The maximum Gasteiger partial charge on any atom is 0.416 e. The predicted octanol–water partition coefficient (Wildman–Crippen LogP) is 16.8. The second kappa shape index (κ2) is 13.1. The van der Waals surface area contributed by atoms with Crippen LogP contribution in [0.3, 0.4) is 0 Å². The van der Waals surface area contributed by atoms with Gasteiger partial charge in [-0.15, -0.1) is 0 Å². The van der Waals surface area contributed by atoms with Crippen LogP contribution in [0.1, 0.15) is 22.3 Å². The number of aryl methyl sites for hydroxylation is 2. The Bertz CT molecular complexity index is 3830.